The molecule has 180 valence electrons. The van der Waals surface area contributed by atoms with Gasteiger partial charge in [0.15, 0.2) is 17.3 Å². The molecule has 3 aromatic rings. The number of nitrogens with zero attached hydrogens (tertiary/aromatic N) is 2. The van der Waals surface area contributed by atoms with Crippen LogP contribution >= 0.6 is 0 Å². The van der Waals surface area contributed by atoms with Crippen molar-refractivity contribution in [3.05, 3.63) is 76.3 Å². The van der Waals surface area contributed by atoms with Crippen LogP contribution in [0, 0.1) is 6.92 Å². The van der Waals surface area contributed by atoms with E-state index < -0.39 is 0 Å². The molecule has 0 N–H and O–H groups in total. The zero-order chi connectivity index (χ0) is 24.5. The molecule has 0 saturated carbocycles. The SMILES string of the molecule is COc1cc(OC)c(OC)cc1/C=C1\Oc2c(cc3c(c2C)OCN(Cc2cccnc2)C3)C1=O. The summed E-state index contributed by atoms with van der Waals surface area (Å²) in [5, 5.41) is 0. The first-order valence-electron chi connectivity index (χ1n) is 11.2. The lowest BCUT2D eigenvalue weighted by atomic mass is 9.99. The fraction of sp³-hybridized carbons (Fsp3) is 0.259. The third-order valence-corrected chi connectivity index (χ3v) is 6.15. The second-order valence-electron chi connectivity index (χ2n) is 8.38. The van der Waals surface area contributed by atoms with Gasteiger partial charge in [-0.1, -0.05) is 6.07 Å². The van der Waals surface area contributed by atoms with Crippen LogP contribution in [0.4, 0.5) is 0 Å². The lowest BCUT2D eigenvalue weighted by molar-refractivity contribution is 0.0876. The molecule has 35 heavy (non-hydrogen) atoms. The Labute approximate surface area is 203 Å². The number of allylic oxidation sites excluding steroid dienone is 1. The smallest absolute Gasteiger partial charge is 0.231 e. The van der Waals surface area contributed by atoms with Crippen LogP contribution in [0.2, 0.25) is 0 Å². The van der Waals surface area contributed by atoms with Crippen LogP contribution in [-0.2, 0) is 13.1 Å². The van der Waals surface area contributed by atoms with Crippen molar-refractivity contribution in [1.82, 2.24) is 9.88 Å². The van der Waals surface area contributed by atoms with Crippen molar-refractivity contribution < 1.29 is 28.5 Å². The molecule has 0 aliphatic carbocycles. The summed E-state index contributed by atoms with van der Waals surface area (Å²) in [6, 6.07) is 9.30. The minimum atomic E-state index is -0.188. The van der Waals surface area contributed by atoms with Crippen LogP contribution in [0.1, 0.15) is 32.6 Å². The highest BCUT2D eigenvalue weighted by molar-refractivity contribution is 6.15. The Hall–Kier alpha value is -4.04. The molecule has 2 aliphatic rings. The second kappa shape index (κ2) is 9.31. The number of Topliss-reactive ketones (excluding diaryl/α,β-unsaturated/α-hetero) is 1. The fourth-order valence-corrected chi connectivity index (χ4v) is 4.45. The summed E-state index contributed by atoms with van der Waals surface area (Å²) >= 11 is 0. The van der Waals surface area contributed by atoms with E-state index in [9.17, 15) is 4.79 Å². The number of carbonyl (C=O) groups excluding carboxylic acids is 1. The molecule has 0 unspecified atom stereocenters. The molecule has 0 spiro atoms. The van der Waals surface area contributed by atoms with Crippen LogP contribution in [-0.4, -0.2) is 43.7 Å². The monoisotopic (exact) mass is 474 g/mol. The summed E-state index contributed by atoms with van der Waals surface area (Å²) in [6.07, 6.45) is 5.27. The maximum absolute atomic E-state index is 13.3. The number of fused-ring (bicyclic) bond motifs is 2. The van der Waals surface area contributed by atoms with E-state index in [4.69, 9.17) is 23.7 Å². The summed E-state index contributed by atoms with van der Waals surface area (Å²) < 4.78 is 28.4. The predicted octanol–water partition coefficient (Wildman–Crippen LogP) is 4.38. The highest BCUT2D eigenvalue weighted by atomic mass is 16.5. The number of carbonyl (C=O) groups is 1. The molecule has 8 nitrogen and oxygen atoms in total. The molecule has 5 rings (SSSR count). The van der Waals surface area contributed by atoms with Gasteiger partial charge in [-0.2, -0.15) is 0 Å². The largest absolute Gasteiger partial charge is 0.496 e. The average Bonchev–Trinajstić information content (AvgIpc) is 3.19. The van der Waals surface area contributed by atoms with E-state index in [1.165, 1.54) is 0 Å². The predicted molar refractivity (Wildman–Crippen MR) is 129 cm³/mol. The maximum Gasteiger partial charge on any atom is 0.231 e. The van der Waals surface area contributed by atoms with Gasteiger partial charge in [0.05, 0.1) is 26.9 Å². The number of rotatable bonds is 6. The standard InChI is InChI=1S/C27H26N2O6/c1-16-26-19(14-29(15-34-26)13-17-6-5-7-28-12-17)8-20-25(30)24(35-27(16)20)10-18-9-22(32-3)23(33-4)11-21(18)31-2/h5-12H,13-15H2,1-4H3/b24-10-. The van der Waals surface area contributed by atoms with Gasteiger partial charge in [0.1, 0.15) is 24.0 Å². The Morgan fingerprint density at radius 1 is 1.06 bits per heavy atom. The van der Waals surface area contributed by atoms with Gasteiger partial charge in [-0.15, -0.1) is 0 Å². The van der Waals surface area contributed by atoms with Crippen LogP contribution in [0.25, 0.3) is 6.08 Å². The molecule has 0 fully saturated rings. The van der Waals surface area contributed by atoms with E-state index in [-0.39, 0.29) is 11.5 Å². The molecule has 3 heterocycles. The first-order valence-corrected chi connectivity index (χ1v) is 11.2. The summed E-state index contributed by atoms with van der Waals surface area (Å²) in [5.41, 5.74) is 4.04. The quantitative estimate of drug-likeness (QED) is 0.487. The van der Waals surface area contributed by atoms with Crippen molar-refractivity contribution in [1.29, 1.82) is 0 Å². The molecular weight excluding hydrogens is 448 g/mol. The summed E-state index contributed by atoms with van der Waals surface area (Å²) in [7, 11) is 4.67. The van der Waals surface area contributed by atoms with Crippen LogP contribution in [0.5, 0.6) is 28.7 Å². The number of hydrogen-bond donors (Lipinski definition) is 0. The molecule has 8 heteroatoms. The number of ketones is 1. The van der Waals surface area contributed by atoms with Gasteiger partial charge in [0.2, 0.25) is 5.78 Å². The van der Waals surface area contributed by atoms with Crippen molar-refractivity contribution >= 4 is 11.9 Å². The molecule has 0 radical (unpaired) electrons. The number of pyridine rings is 1. The Kier molecular flexibility index (Phi) is 6.05. The minimum absolute atomic E-state index is 0.188. The van der Waals surface area contributed by atoms with Gasteiger partial charge >= 0.3 is 0 Å². The maximum atomic E-state index is 13.3. The van der Waals surface area contributed by atoms with Gasteiger partial charge in [-0.25, -0.2) is 0 Å². The molecule has 2 aromatic carbocycles. The number of methoxy groups -OCH3 is 3. The molecule has 0 atom stereocenters. The first-order chi connectivity index (χ1) is 17.0. The van der Waals surface area contributed by atoms with Crippen molar-refractivity contribution in [3.63, 3.8) is 0 Å². The van der Waals surface area contributed by atoms with Crippen molar-refractivity contribution in [3.8, 4) is 28.7 Å². The highest BCUT2D eigenvalue weighted by Gasteiger charge is 2.34. The van der Waals surface area contributed by atoms with E-state index in [1.807, 2.05) is 31.3 Å². The Morgan fingerprint density at radius 3 is 2.54 bits per heavy atom. The normalized spacial score (nSPS) is 15.8. The summed E-state index contributed by atoms with van der Waals surface area (Å²) in [6.45, 7) is 3.73. The minimum Gasteiger partial charge on any atom is -0.496 e. The first kappa shape index (κ1) is 22.7. The Bertz CT molecular complexity index is 1320. The average molecular weight is 475 g/mol. The zero-order valence-corrected chi connectivity index (χ0v) is 20.1. The molecule has 0 bridgehead atoms. The van der Waals surface area contributed by atoms with Gasteiger partial charge in [0.25, 0.3) is 0 Å². The van der Waals surface area contributed by atoms with Gasteiger partial charge < -0.3 is 23.7 Å². The van der Waals surface area contributed by atoms with E-state index in [0.29, 0.717) is 53.9 Å². The molecule has 1 aromatic heterocycles. The third-order valence-electron chi connectivity index (χ3n) is 6.15. The van der Waals surface area contributed by atoms with Gasteiger partial charge in [-0.05, 0) is 36.8 Å². The lowest BCUT2D eigenvalue weighted by Crippen LogP contribution is -2.32. The van der Waals surface area contributed by atoms with E-state index in [1.54, 1.807) is 45.7 Å². The summed E-state index contributed by atoms with van der Waals surface area (Å²) in [5.74, 6) is 2.91. The molecule has 0 amide bonds. The number of hydrogen-bond acceptors (Lipinski definition) is 8. The number of benzene rings is 2. The Morgan fingerprint density at radius 2 is 1.83 bits per heavy atom. The van der Waals surface area contributed by atoms with Crippen LogP contribution in [0.15, 0.2) is 48.5 Å². The second-order valence-corrected chi connectivity index (χ2v) is 8.38. The summed E-state index contributed by atoms with van der Waals surface area (Å²) in [4.78, 5) is 19.7. The number of aromatic nitrogens is 1. The highest BCUT2D eigenvalue weighted by Crippen LogP contribution is 2.44. The third kappa shape index (κ3) is 4.17. The van der Waals surface area contributed by atoms with E-state index in [2.05, 4.69) is 9.88 Å². The molecule has 2 aliphatic heterocycles. The van der Waals surface area contributed by atoms with Gasteiger partial charge in [-0.3, -0.25) is 14.7 Å². The van der Waals surface area contributed by atoms with E-state index >= 15 is 0 Å². The Balaban J connectivity index is 1.45. The fourth-order valence-electron chi connectivity index (χ4n) is 4.45. The molecule has 0 saturated heterocycles. The van der Waals surface area contributed by atoms with E-state index in [0.717, 1.165) is 22.4 Å². The molecular formula is C27H26N2O6. The topological polar surface area (TPSA) is 79.4 Å². The van der Waals surface area contributed by atoms with Crippen molar-refractivity contribution in [2.45, 2.75) is 20.0 Å². The van der Waals surface area contributed by atoms with Crippen LogP contribution in [0.3, 0.4) is 0 Å². The zero-order valence-electron chi connectivity index (χ0n) is 20.1. The number of ether oxygens (including phenoxy) is 5. The van der Waals surface area contributed by atoms with Crippen LogP contribution < -0.4 is 23.7 Å². The lowest BCUT2D eigenvalue weighted by Gasteiger charge is -2.30. The van der Waals surface area contributed by atoms with Crippen molar-refractivity contribution in [2.24, 2.45) is 0 Å². The van der Waals surface area contributed by atoms with Crippen molar-refractivity contribution in [2.75, 3.05) is 28.1 Å². The van der Waals surface area contributed by atoms with Gasteiger partial charge in [0, 0.05) is 48.2 Å².